The van der Waals surface area contributed by atoms with Crippen LogP contribution >= 0.6 is 11.8 Å². The zero-order chi connectivity index (χ0) is 15.1. The number of aryl methyl sites for hydroxylation is 2. The molecule has 1 aromatic heterocycles. The molecule has 1 unspecified atom stereocenters. The van der Waals surface area contributed by atoms with Crippen molar-refractivity contribution in [3.8, 4) is 0 Å². The van der Waals surface area contributed by atoms with E-state index in [0.29, 0.717) is 19.4 Å². The summed E-state index contributed by atoms with van der Waals surface area (Å²) in [4.78, 5) is 20.7. The number of nitrogens with one attached hydrogen (secondary N) is 1. The van der Waals surface area contributed by atoms with E-state index in [0.717, 1.165) is 22.1 Å². The second-order valence-electron chi connectivity index (χ2n) is 4.78. The SMILES string of the molecule is COCC(C)NC(=O)CCc1c(C)nc(SC)nc1C. The largest absolute Gasteiger partial charge is 0.383 e. The minimum Gasteiger partial charge on any atom is -0.383 e. The second-order valence-corrected chi connectivity index (χ2v) is 5.56. The number of nitrogens with zero attached hydrogens (tertiary/aromatic N) is 2. The minimum atomic E-state index is 0.0299. The van der Waals surface area contributed by atoms with E-state index in [2.05, 4.69) is 15.3 Å². The van der Waals surface area contributed by atoms with Gasteiger partial charge in [-0.25, -0.2) is 9.97 Å². The first-order valence-electron chi connectivity index (χ1n) is 6.64. The number of hydrogen-bond acceptors (Lipinski definition) is 5. The summed E-state index contributed by atoms with van der Waals surface area (Å²) in [5.74, 6) is 0.0299. The van der Waals surface area contributed by atoms with Crippen LogP contribution in [0, 0.1) is 13.8 Å². The predicted molar refractivity (Wildman–Crippen MR) is 81.1 cm³/mol. The Balaban J connectivity index is 2.59. The van der Waals surface area contributed by atoms with Crippen molar-refractivity contribution in [2.24, 2.45) is 0 Å². The van der Waals surface area contributed by atoms with Crippen LogP contribution in [-0.2, 0) is 16.0 Å². The summed E-state index contributed by atoms with van der Waals surface area (Å²) >= 11 is 1.53. The fourth-order valence-corrected chi connectivity index (χ4v) is 2.50. The third-order valence-electron chi connectivity index (χ3n) is 3.01. The molecule has 0 saturated carbocycles. The van der Waals surface area contributed by atoms with Crippen molar-refractivity contribution >= 4 is 17.7 Å². The molecule has 0 bridgehead atoms. The molecule has 0 spiro atoms. The van der Waals surface area contributed by atoms with Gasteiger partial charge in [0.15, 0.2) is 5.16 Å². The fraction of sp³-hybridized carbons (Fsp3) is 0.643. The highest BCUT2D eigenvalue weighted by molar-refractivity contribution is 7.98. The molecular formula is C14H23N3O2S. The lowest BCUT2D eigenvalue weighted by Crippen LogP contribution is -2.35. The number of carbonyl (C=O) groups is 1. The molecule has 1 atom stereocenters. The molecule has 0 saturated heterocycles. The van der Waals surface area contributed by atoms with Gasteiger partial charge in [-0.1, -0.05) is 11.8 Å². The van der Waals surface area contributed by atoms with Gasteiger partial charge in [-0.05, 0) is 39.0 Å². The summed E-state index contributed by atoms with van der Waals surface area (Å²) in [7, 11) is 1.63. The van der Waals surface area contributed by atoms with E-state index in [-0.39, 0.29) is 11.9 Å². The topological polar surface area (TPSA) is 64.1 Å². The maximum atomic E-state index is 11.8. The standard InChI is InChI=1S/C14H23N3O2S/c1-9(8-19-4)15-13(18)7-6-12-10(2)16-14(20-5)17-11(12)3/h9H,6-8H2,1-5H3,(H,15,18). The summed E-state index contributed by atoms with van der Waals surface area (Å²) in [6, 6.07) is 0.0322. The summed E-state index contributed by atoms with van der Waals surface area (Å²) in [5, 5.41) is 3.68. The normalized spacial score (nSPS) is 12.2. The Morgan fingerprint density at radius 2 is 1.95 bits per heavy atom. The smallest absolute Gasteiger partial charge is 0.220 e. The monoisotopic (exact) mass is 297 g/mol. The summed E-state index contributed by atoms with van der Waals surface area (Å²) in [6.07, 6.45) is 3.06. The number of rotatable bonds is 7. The van der Waals surface area contributed by atoms with Crippen molar-refractivity contribution in [2.45, 2.75) is 44.8 Å². The quantitative estimate of drug-likeness (QED) is 0.615. The Bertz CT molecular complexity index is 443. The maximum Gasteiger partial charge on any atom is 0.220 e. The van der Waals surface area contributed by atoms with Crippen LogP contribution in [0.25, 0.3) is 0 Å². The van der Waals surface area contributed by atoms with Gasteiger partial charge in [0.1, 0.15) is 0 Å². The van der Waals surface area contributed by atoms with Crippen LogP contribution in [0.3, 0.4) is 0 Å². The van der Waals surface area contributed by atoms with Gasteiger partial charge in [-0.15, -0.1) is 0 Å². The van der Waals surface area contributed by atoms with Gasteiger partial charge in [-0.2, -0.15) is 0 Å². The highest BCUT2D eigenvalue weighted by Gasteiger charge is 2.12. The van der Waals surface area contributed by atoms with Crippen LogP contribution < -0.4 is 5.32 Å². The molecule has 1 heterocycles. The molecule has 20 heavy (non-hydrogen) atoms. The number of methoxy groups -OCH3 is 1. The van der Waals surface area contributed by atoms with Crippen molar-refractivity contribution in [1.82, 2.24) is 15.3 Å². The molecule has 0 aliphatic carbocycles. The molecule has 1 N–H and O–H groups in total. The lowest BCUT2D eigenvalue weighted by atomic mass is 10.1. The van der Waals surface area contributed by atoms with E-state index < -0.39 is 0 Å². The van der Waals surface area contributed by atoms with Gasteiger partial charge in [0.2, 0.25) is 5.91 Å². The lowest BCUT2D eigenvalue weighted by molar-refractivity contribution is -0.122. The summed E-state index contributed by atoms with van der Waals surface area (Å²) in [6.45, 7) is 6.38. The lowest BCUT2D eigenvalue weighted by Gasteiger charge is -2.13. The average molecular weight is 297 g/mol. The van der Waals surface area contributed by atoms with Crippen molar-refractivity contribution < 1.29 is 9.53 Å². The van der Waals surface area contributed by atoms with Crippen LogP contribution in [0.2, 0.25) is 0 Å². The molecule has 0 radical (unpaired) electrons. The minimum absolute atomic E-state index is 0.0299. The predicted octanol–water partition coefficient (Wildman–Crippen LogP) is 1.90. The van der Waals surface area contributed by atoms with Gasteiger partial charge < -0.3 is 10.1 Å². The first kappa shape index (κ1) is 16.9. The molecule has 0 fully saturated rings. The van der Waals surface area contributed by atoms with E-state index >= 15 is 0 Å². The molecule has 1 rings (SSSR count). The second kappa shape index (κ2) is 8.21. The highest BCUT2D eigenvalue weighted by Crippen LogP contribution is 2.17. The number of carbonyl (C=O) groups excluding carboxylic acids is 1. The van der Waals surface area contributed by atoms with Crippen molar-refractivity contribution in [3.05, 3.63) is 17.0 Å². The van der Waals surface area contributed by atoms with Crippen molar-refractivity contribution in [1.29, 1.82) is 0 Å². The van der Waals surface area contributed by atoms with Crippen LogP contribution in [-0.4, -0.2) is 41.9 Å². The zero-order valence-corrected chi connectivity index (χ0v) is 13.6. The Morgan fingerprint density at radius 1 is 1.35 bits per heavy atom. The van der Waals surface area contributed by atoms with E-state index in [1.54, 1.807) is 7.11 Å². The molecule has 1 aromatic rings. The Kier molecular flexibility index (Phi) is 6.95. The van der Waals surface area contributed by atoms with E-state index in [4.69, 9.17) is 4.74 Å². The van der Waals surface area contributed by atoms with Gasteiger partial charge >= 0.3 is 0 Å². The fourth-order valence-electron chi connectivity index (χ4n) is 2.04. The van der Waals surface area contributed by atoms with Crippen LogP contribution in [0.4, 0.5) is 0 Å². The number of aromatic nitrogens is 2. The average Bonchev–Trinajstić information content (AvgIpc) is 2.37. The zero-order valence-electron chi connectivity index (χ0n) is 12.8. The Labute approximate surface area is 124 Å². The van der Waals surface area contributed by atoms with Crippen LogP contribution in [0.1, 0.15) is 30.3 Å². The molecule has 0 aromatic carbocycles. The van der Waals surface area contributed by atoms with Gasteiger partial charge in [0, 0.05) is 31.0 Å². The van der Waals surface area contributed by atoms with Crippen molar-refractivity contribution in [2.75, 3.05) is 20.0 Å². The molecule has 5 nitrogen and oxygen atoms in total. The highest BCUT2D eigenvalue weighted by atomic mass is 32.2. The molecule has 6 heteroatoms. The number of hydrogen-bond donors (Lipinski definition) is 1. The molecule has 112 valence electrons. The molecule has 0 aliphatic rings. The van der Waals surface area contributed by atoms with Crippen molar-refractivity contribution in [3.63, 3.8) is 0 Å². The number of thioether (sulfide) groups is 1. The van der Waals surface area contributed by atoms with Gasteiger partial charge in [0.05, 0.1) is 6.61 Å². The molecule has 1 amide bonds. The van der Waals surface area contributed by atoms with Crippen LogP contribution in [0.15, 0.2) is 5.16 Å². The maximum absolute atomic E-state index is 11.8. The first-order valence-corrected chi connectivity index (χ1v) is 7.86. The van der Waals surface area contributed by atoms with E-state index in [9.17, 15) is 4.79 Å². The Hall–Kier alpha value is -1.14. The van der Waals surface area contributed by atoms with Gasteiger partial charge in [0.25, 0.3) is 0 Å². The third-order valence-corrected chi connectivity index (χ3v) is 3.56. The third kappa shape index (κ3) is 5.09. The molecular weight excluding hydrogens is 274 g/mol. The van der Waals surface area contributed by atoms with Gasteiger partial charge in [-0.3, -0.25) is 4.79 Å². The first-order chi connectivity index (χ1) is 9.47. The van der Waals surface area contributed by atoms with E-state index in [1.165, 1.54) is 11.8 Å². The Morgan fingerprint density at radius 3 is 2.45 bits per heavy atom. The number of amides is 1. The summed E-state index contributed by atoms with van der Waals surface area (Å²) < 4.78 is 4.99. The van der Waals surface area contributed by atoms with E-state index in [1.807, 2.05) is 27.0 Å². The van der Waals surface area contributed by atoms with Crippen LogP contribution in [0.5, 0.6) is 0 Å². The summed E-state index contributed by atoms with van der Waals surface area (Å²) in [5.41, 5.74) is 2.98. The molecule has 0 aliphatic heterocycles. The number of ether oxygens (including phenoxy) is 1.